The highest BCUT2D eigenvalue weighted by Crippen LogP contribution is 2.05. The summed E-state index contributed by atoms with van der Waals surface area (Å²) in [5.74, 6) is -1.46. The van der Waals surface area contributed by atoms with Gasteiger partial charge in [-0.1, -0.05) is 20.8 Å². The third-order valence-electron chi connectivity index (χ3n) is 2.21. The summed E-state index contributed by atoms with van der Waals surface area (Å²) in [7, 11) is 1.29. The number of carbonyl (C=O) groups excluding carboxylic acids is 1. The Morgan fingerprint density at radius 3 is 2.20 bits per heavy atom. The van der Waals surface area contributed by atoms with Crippen LogP contribution in [-0.4, -0.2) is 36.2 Å². The number of ether oxygens (including phenoxy) is 1. The third-order valence-corrected chi connectivity index (χ3v) is 2.21. The smallest absolute Gasteiger partial charge is 0.322 e. The van der Waals surface area contributed by atoms with Crippen molar-refractivity contribution < 1.29 is 19.4 Å². The molecule has 0 aromatic heterocycles. The lowest BCUT2D eigenvalue weighted by molar-refractivity contribution is -0.145. The zero-order chi connectivity index (χ0) is 12.0. The fourth-order valence-corrected chi connectivity index (χ4v) is 1.26. The number of rotatable bonds is 6. The largest absolute Gasteiger partial charge is 0.480 e. The number of hydrogen-bond donors (Lipinski definition) is 2. The average molecular weight is 217 g/mol. The third kappa shape index (κ3) is 4.29. The lowest BCUT2D eigenvalue weighted by Crippen LogP contribution is -2.49. The minimum absolute atomic E-state index is 0.0822. The number of methoxy groups -OCH3 is 1. The molecule has 0 aliphatic heterocycles. The Morgan fingerprint density at radius 1 is 1.40 bits per heavy atom. The lowest BCUT2D eigenvalue weighted by atomic mass is 10.0. The Balaban J connectivity index is 4.49. The van der Waals surface area contributed by atoms with Crippen LogP contribution in [0.3, 0.4) is 0 Å². The van der Waals surface area contributed by atoms with Crippen LogP contribution in [0.15, 0.2) is 0 Å². The number of hydrogen-bond acceptors (Lipinski definition) is 4. The molecule has 0 amide bonds. The topological polar surface area (TPSA) is 75.6 Å². The Kier molecular flexibility index (Phi) is 5.93. The summed E-state index contributed by atoms with van der Waals surface area (Å²) in [6.45, 7) is 5.37. The van der Waals surface area contributed by atoms with Crippen molar-refractivity contribution in [1.29, 1.82) is 0 Å². The van der Waals surface area contributed by atoms with E-state index < -0.39 is 24.0 Å². The van der Waals surface area contributed by atoms with Gasteiger partial charge >= 0.3 is 11.9 Å². The zero-order valence-electron chi connectivity index (χ0n) is 9.61. The first kappa shape index (κ1) is 13.9. The minimum Gasteiger partial charge on any atom is -0.480 e. The molecule has 88 valence electrons. The van der Waals surface area contributed by atoms with E-state index >= 15 is 0 Å². The van der Waals surface area contributed by atoms with Crippen LogP contribution in [0.25, 0.3) is 0 Å². The van der Waals surface area contributed by atoms with Crippen LogP contribution < -0.4 is 5.32 Å². The van der Waals surface area contributed by atoms with Crippen LogP contribution >= 0.6 is 0 Å². The van der Waals surface area contributed by atoms with Gasteiger partial charge in [0.2, 0.25) is 0 Å². The highest BCUT2D eigenvalue weighted by molar-refractivity contribution is 5.78. The molecule has 2 atom stereocenters. The van der Waals surface area contributed by atoms with Crippen molar-refractivity contribution in [2.75, 3.05) is 7.11 Å². The molecule has 0 aliphatic rings. The number of aliphatic carboxylic acids is 1. The van der Waals surface area contributed by atoms with Gasteiger partial charge in [0.15, 0.2) is 0 Å². The second-order valence-electron chi connectivity index (χ2n) is 3.71. The summed E-state index contributed by atoms with van der Waals surface area (Å²) in [6, 6.07) is -1.28. The van der Waals surface area contributed by atoms with Crippen molar-refractivity contribution in [2.24, 2.45) is 5.92 Å². The number of carboxylic acid groups (broad SMARTS) is 1. The van der Waals surface area contributed by atoms with Crippen molar-refractivity contribution in [3.63, 3.8) is 0 Å². The fraction of sp³-hybridized carbons (Fsp3) is 0.800. The maximum atomic E-state index is 11.2. The Labute approximate surface area is 89.8 Å². The molecule has 0 saturated carbocycles. The second kappa shape index (κ2) is 6.40. The fourth-order valence-electron chi connectivity index (χ4n) is 1.26. The van der Waals surface area contributed by atoms with Gasteiger partial charge in [-0.25, -0.2) is 0 Å². The molecule has 0 fully saturated rings. The summed E-state index contributed by atoms with van der Waals surface area (Å²) in [4.78, 5) is 22.1. The van der Waals surface area contributed by atoms with Crippen molar-refractivity contribution in [2.45, 2.75) is 39.3 Å². The van der Waals surface area contributed by atoms with Gasteiger partial charge in [0.25, 0.3) is 0 Å². The van der Waals surface area contributed by atoms with Crippen LogP contribution in [0.5, 0.6) is 0 Å². The molecule has 0 heterocycles. The molecule has 5 heteroatoms. The van der Waals surface area contributed by atoms with E-state index in [-0.39, 0.29) is 5.92 Å². The average Bonchev–Trinajstić information content (AvgIpc) is 2.17. The monoisotopic (exact) mass is 217 g/mol. The highest BCUT2D eigenvalue weighted by atomic mass is 16.5. The molecule has 0 spiro atoms. The van der Waals surface area contributed by atoms with Gasteiger partial charge in [-0.15, -0.1) is 0 Å². The van der Waals surface area contributed by atoms with Gasteiger partial charge in [-0.3, -0.25) is 14.9 Å². The molecule has 0 aliphatic carbocycles. The molecular weight excluding hydrogens is 198 g/mol. The van der Waals surface area contributed by atoms with Gasteiger partial charge in [0.05, 0.1) is 7.11 Å². The van der Waals surface area contributed by atoms with Crippen molar-refractivity contribution in [3.05, 3.63) is 0 Å². The van der Waals surface area contributed by atoms with Crippen LogP contribution in [0, 0.1) is 5.92 Å². The lowest BCUT2D eigenvalue weighted by Gasteiger charge is -2.22. The molecule has 0 aromatic carbocycles. The van der Waals surface area contributed by atoms with Crippen LogP contribution in [0.2, 0.25) is 0 Å². The molecule has 0 radical (unpaired) electrons. The van der Waals surface area contributed by atoms with Crippen molar-refractivity contribution in [1.82, 2.24) is 5.32 Å². The maximum absolute atomic E-state index is 11.2. The summed E-state index contributed by atoms with van der Waals surface area (Å²) in [5, 5.41) is 11.7. The SMILES string of the molecule is CCC(NC(C(=O)O)C(C)C)C(=O)OC. The number of esters is 1. The van der Waals surface area contributed by atoms with Crippen LogP contribution in [0.1, 0.15) is 27.2 Å². The van der Waals surface area contributed by atoms with Crippen molar-refractivity contribution >= 4 is 11.9 Å². The summed E-state index contributed by atoms with van der Waals surface area (Å²) >= 11 is 0. The zero-order valence-corrected chi connectivity index (χ0v) is 9.61. The van der Waals surface area contributed by atoms with Gasteiger partial charge in [0, 0.05) is 0 Å². The van der Waals surface area contributed by atoms with E-state index in [2.05, 4.69) is 10.1 Å². The summed E-state index contributed by atoms with van der Waals surface area (Å²) < 4.78 is 4.57. The van der Waals surface area contributed by atoms with E-state index in [1.165, 1.54) is 7.11 Å². The van der Waals surface area contributed by atoms with Gasteiger partial charge in [-0.2, -0.15) is 0 Å². The van der Waals surface area contributed by atoms with E-state index in [1.54, 1.807) is 20.8 Å². The molecule has 5 nitrogen and oxygen atoms in total. The highest BCUT2D eigenvalue weighted by Gasteiger charge is 2.27. The molecule has 0 aromatic rings. The standard InChI is InChI=1S/C10H19NO4/c1-5-7(10(14)15-4)11-8(6(2)3)9(12)13/h6-8,11H,5H2,1-4H3,(H,12,13). The first-order valence-electron chi connectivity index (χ1n) is 5.00. The Hall–Kier alpha value is -1.10. The summed E-state index contributed by atoms with van der Waals surface area (Å²) in [6.07, 6.45) is 0.503. The van der Waals surface area contributed by atoms with Crippen molar-refractivity contribution in [3.8, 4) is 0 Å². The number of carbonyl (C=O) groups is 2. The first-order chi connectivity index (χ1) is 6.93. The summed E-state index contributed by atoms with van der Waals surface area (Å²) in [5.41, 5.74) is 0. The van der Waals surface area contributed by atoms with Gasteiger partial charge < -0.3 is 9.84 Å². The molecule has 2 N–H and O–H groups in total. The van der Waals surface area contributed by atoms with Crippen LogP contribution in [0.4, 0.5) is 0 Å². The maximum Gasteiger partial charge on any atom is 0.322 e. The predicted octanol–water partition coefficient (Wildman–Crippen LogP) is 0.637. The predicted molar refractivity (Wildman–Crippen MR) is 55.5 cm³/mol. The molecule has 0 bridgehead atoms. The first-order valence-corrected chi connectivity index (χ1v) is 5.00. The Morgan fingerprint density at radius 2 is 1.93 bits per heavy atom. The molecular formula is C10H19NO4. The normalized spacial score (nSPS) is 14.7. The number of nitrogens with one attached hydrogen (secondary N) is 1. The second-order valence-corrected chi connectivity index (χ2v) is 3.71. The van der Waals surface area contributed by atoms with Gasteiger partial charge in [-0.05, 0) is 12.3 Å². The minimum atomic E-state index is -0.952. The van der Waals surface area contributed by atoms with Gasteiger partial charge in [0.1, 0.15) is 12.1 Å². The quantitative estimate of drug-likeness (QED) is 0.638. The van der Waals surface area contributed by atoms with E-state index in [0.29, 0.717) is 6.42 Å². The molecule has 0 rings (SSSR count). The molecule has 2 unspecified atom stereocenters. The molecule has 0 saturated heterocycles. The van der Waals surface area contributed by atoms with E-state index in [9.17, 15) is 9.59 Å². The van der Waals surface area contributed by atoms with Crippen LogP contribution in [-0.2, 0) is 14.3 Å². The number of carboxylic acids is 1. The van der Waals surface area contributed by atoms with E-state index in [1.807, 2.05) is 0 Å². The Bertz CT molecular complexity index is 227. The molecule has 15 heavy (non-hydrogen) atoms. The van der Waals surface area contributed by atoms with E-state index in [4.69, 9.17) is 5.11 Å². The van der Waals surface area contributed by atoms with E-state index in [0.717, 1.165) is 0 Å².